The zero-order valence-electron chi connectivity index (χ0n) is 16.1. The fraction of sp³-hybridized carbons (Fsp3) is 0.227. The van der Waals surface area contributed by atoms with Crippen LogP contribution in [0.4, 0.5) is 5.69 Å². The van der Waals surface area contributed by atoms with Crippen molar-refractivity contribution in [3.05, 3.63) is 71.7 Å². The van der Waals surface area contributed by atoms with Crippen molar-refractivity contribution in [2.45, 2.75) is 26.2 Å². The number of rotatable bonds is 4. The minimum atomic E-state index is 0.373. The first-order valence-electron chi connectivity index (χ1n) is 9.23. The Labute approximate surface area is 165 Å². The second-order valence-electron chi connectivity index (χ2n) is 6.29. The fourth-order valence-corrected chi connectivity index (χ4v) is 2.84. The van der Waals surface area contributed by atoms with Gasteiger partial charge in [0.25, 0.3) is 0 Å². The molecule has 0 spiro atoms. The highest BCUT2D eigenvalue weighted by Crippen LogP contribution is 2.14. The molecule has 140 valence electrons. The molecule has 0 fully saturated rings. The summed E-state index contributed by atoms with van der Waals surface area (Å²) in [5.41, 5.74) is 4.98. The van der Waals surface area contributed by atoms with E-state index in [1.54, 1.807) is 25.5 Å². The Hall–Kier alpha value is -3.59. The first kappa shape index (κ1) is 19.2. The first-order valence-corrected chi connectivity index (χ1v) is 9.23. The van der Waals surface area contributed by atoms with Gasteiger partial charge in [-0.3, -0.25) is 9.98 Å². The van der Waals surface area contributed by atoms with Crippen molar-refractivity contribution in [2.75, 3.05) is 12.4 Å². The molecule has 6 heteroatoms. The third-order valence-electron chi connectivity index (χ3n) is 4.25. The number of aliphatic imine (C=N–C) groups is 3. The normalized spacial score (nSPS) is 15.2. The summed E-state index contributed by atoms with van der Waals surface area (Å²) < 4.78 is 0. The Bertz CT molecular complexity index is 973. The molecule has 1 aliphatic heterocycles. The molecule has 2 heterocycles. The molecule has 6 nitrogen and oxygen atoms in total. The molecule has 1 N–H and O–H groups in total. The molecule has 0 radical (unpaired) electrons. The molecule has 1 aliphatic rings. The zero-order chi connectivity index (χ0) is 19.8. The van der Waals surface area contributed by atoms with Gasteiger partial charge >= 0.3 is 0 Å². The molecule has 0 saturated heterocycles. The number of hydrogen-bond donors (Lipinski definition) is 1. The van der Waals surface area contributed by atoms with Crippen molar-refractivity contribution in [1.82, 2.24) is 4.98 Å². The number of hydrogen-bond acceptors (Lipinski definition) is 4. The average molecular weight is 370 g/mol. The summed E-state index contributed by atoms with van der Waals surface area (Å²) in [5, 5.41) is 12.2. The van der Waals surface area contributed by atoms with E-state index in [9.17, 15) is 0 Å². The van der Waals surface area contributed by atoms with Crippen LogP contribution < -0.4 is 5.32 Å². The summed E-state index contributed by atoms with van der Waals surface area (Å²) in [4.78, 5) is 17.6. The third-order valence-corrected chi connectivity index (χ3v) is 4.25. The van der Waals surface area contributed by atoms with E-state index in [0.717, 1.165) is 35.5 Å². The predicted octanol–water partition coefficient (Wildman–Crippen LogP) is 4.15. The minimum Gasteiger partial charge on any atom is -0.324 e. The van der Waals surface area contributed by atoms with Crippen molar-refractivity contribution in [1.29, 1.82) is 5.26 Å². The molecule has 0 atom stereocenters. The summed E-state index contributed by atoms with van der Waals surface area (Å²) in [5.74, 6) is 0.517. The summed E-state index contributed by atoms with van der Waals surface area (Å²) in [7, 11) is 1.70. The number of pyridine rings is 1. The number of nitriles is 1. The van der Waals surface area contributed by atoms with E-state index >= 15 is 0 Å². The van der Waals surface area contributed by atoms with E-state index in [1.807, 2.05) is 30.3 Å². The number of benzene rings is 1. The second kappa shape index (κ2) is 9.38. The Balaban J connectivity index is 1.81. The Morgan fingerprint density at radius 2 is 2.04 bits per heavy atom. The summed E-state index contributed by atoms with van der Waals surface area (Å²) in [6, 6.07) is 13.8. The molecule has 1 aromatic carbocycles. The number of anilines is 1. The van der Waals surface area contributed by atoms with Crippen molar-refractivity contribution in [2.24, 2.45) is 15.0 Å². The van der Waals surface area contributed by atoms with Crippen LogP contribution in [0.2, 0.25) is 0 Å². The monoisotopic (exact) mass is 370 g/mol. The number of aryl methyl sites for hydroxylation is 1. The third kappa shape index (κ3) is 4.77. The van der Waals surface area contributed by atoms with Crippen LogP contribution in [0.3, 0.4) is 0 Å². The maximum absolute atomic E-state index is 8.93. The van der Waals surface area contributed by atoms with Crippen molar-refractivity contribution >= 4 is 23.1 Å². The summed E-state index contributed by atoms with van der Waals surface area (Å²) in [6.45, 7) is 2.17. The van der Waals surface area contributed by atoms with Gasteiger partial charge in [-0.2, -0.15) is 5.26 Å². The number of allylic oxidation sites excluding steroid dienone is 1. The van der Waals surface area contributed by atoms with E-state index < -0.39 is 0 Å². The van der Waals surface area contributed by atoms with Crippen LogP contribution in [-0.2, 0) is 6.42 Å². The van der Waals surface area contributed by atoms with E-state index in [-0.39, 0.29) is 0 Å². The molecule has 0 unspecified atom stereocenters. The van der Waals surface area contributed by atoms with E-state index in [2.05, 4.69) is 44.3 Å². The largest absolute Gasteiger partial charge is 0.324 e. The van der Waals surface area contributed by atoms with Gasteiger partial charge in [0, 0.05) is 37.1 Å². The maximum Gasteiger partial charge on any atom is 0.222 e. The summed E-state index contributed by atoms with van der Waals surface area (Å²) in [6.07, 6.45) is 8.20. The Kier molecular flexibility index (Phi) is 6.42. The SMILES string of the molecule is CCCc1ccc(NC(=N/C)/N=C2\CC=CN=C2c2ccc(C#N)nc2)cc1. The van der Waals surface area contributed by atoms with Gasteiger partial charge in [-0.05, 0) is 36.2 Å². The standard InChI is InChI=1S/C22H22N6/c1-3-5-16-7-10-18(11-8-16)27-22(24-2)28-20-6-4-13-25-21(20)17-9-12-19(14-23)26-15-17/h4,7-13,15H,3,5-6H2,1-2H3,(H,24,27)/b28-20+. The van der Waals surface area contributed by atoms with Gasteiger partial charge < -0.3 is 5.32 Å². The Morgan fingerprint density at radius 1 is 1.21 bits per heavy atom. The second-order valence-corrected chi connectivity index (χ2v) is 6.29. The van der Waals surface area contributed by atoms with E-state index in [1.165, 1.54) is 5.56 Å². The zero-order valence-corrected chi connectivity index (χ0v) is 16.1. The lowest BCUT2D eigenvalue weighted by atomic mass is 10.0. The minimum absolute atomic E-state index is 0.373. The maximum atomic E-state index is 8.93. The first-order chi connectivity index (χ1) is 13.7. The fourth-order valence-electron chi connectivity index (χ4n) is 2.84. The molecule has 2 aromatic rings. The quantitative estimate of drug-likeness (QED) is 0.648. The topological polar surface area (TPSA) is 85.8 Å². The van der Waals surface area contributed by atoms with Gasteiger partial charge in [-0.15, -0.1) is 0 Å². The molecule has 1 aromatic heterocycles. The highest BCUT2D eigenvalue weighted by atomic mass is 15.1. The lowest BCUT2D eigenvalue weighted by Crippen LogP contribution is -2.21. The highest BCUT2D eigenvalue weighted by molar-refractivity contribution is 6.50. The molecule has 3 rings (SSSR count). The molecular formula is C22H22N6. The van der Waals surface area contributed by atoms with Gasteiger partial charge in [0.05, 0.1) is 11.4 Å². The summed E-state index contributed by atoms with van der Waals surface area (Å²) >= 11 is 0. The molecule has 0 bridgehead atoms. The molecule has 0 aliphatic carbocycles. The predicted molar refractivity (Wildman–Crippen MR) is 114 cm³/mol. The van der Waals surface area contributed by atoms with E-state index in [4.69, 9.17) is 5.26 Å². The van der Waals surface area contributed by atoms with Crippen LogP contribution in [0.25, 0.3) is 0 Å². The smallest absolute Gasteiger partial charge is 0.222 e. The van der Waals surface area contributed by atoms with Gasteiger partial charge in [-0.25, -0.2) is 9.98 Å². The number of nitrogens with one attached hydrogen (secondary N) is 1. The Morgan fingerprint density at radius 3 is 2.68 bits per heavy atom. The number of nitrogens with zero attached hydrogens (tertiary/aromatic N) is 5. The van der Waals surface area contributed by atoms with Gasteiger partial charge in [0.2, 0.25) is 5.96 Å². The lowest BCUT2D eigenvalue weighted by Gasteiger charge is -2.13. The van der Waals surface area contributed by atoms with Crippen LogP contribution in [0.15, 0.2) is 69.8 Å². The average Bonchev–Trinajstić information content (AvgIpc) is 2.75. The van der Waals surface area contributed by atoms with Crippen LogP contribution in [0, 0.1) is 11.3 Å². The van der Waals surface area contributed by atoms with Crippen LogP contribution in [-0.4, -0.2) is 29.4 Å². The molecule has 0 saturated carbocycles. The lowest BCUT2D eigenvalue weighted by molar-refractivity contribution is 0.922. The van der Waals surface area contributed by atoms with Gasteiger partial charge in [-0.1, -0.05) is 31.6 Å². The van der Waals surface area contributed by atoms with E-state index in [0.29, 0.717) is 18.1 Å². The highest BCUT2D eigenvalue weighted by Gasteiger charge is 2.15. The molecular weight excluding hydrogens is 348 g/mol. The van der Waals surface area contributed by atoms with Crippen LogP contribution >= 0.6 is 0 Å². The van der Waals surface area contributed by atoms with Crippen LogP contribution in [0.1, 0.15) is 36.6 Å². The van der Waals surface area contributed by atoms with Gasteiger partial charge in [0.1, 0.15) is 11.8 Å². The van der Waals surface area contributed by atoms with Crippen molar-refractivity contribution in [3.8, 4) is 6.07 Å². The van der Waals surface area contributed by atoms with Crippen molar-refractivity contribution < 1.29 is 0 Å². The molecule has 28 heavy (non-hydrogen) atoms. The molecule has 0 amide bonds. The number of aromatic nitrogens is 1. The number of guanidine groups is 1. The van der Waals surface area contributed by atoms with Crippen molar-refractivity contribution in [3.63, 3.8) is 0 Å². The van der Waals surface area contributed by atoms with Gasteiger partial charge in [0.15, 0.2) is 0 Å². The van der Waals surface area contributed by atoms with Crippen LogP contribution in [0.5, 0.6) is 0 Å².